The highest BCUT2D eigenvalue weighted by Gasteiger charge is 2.70. The largest absolute Gasteiger partial charge is 0.508 e. The van der Waals surface area contributed by atoms with Gasteiger partial charge in [0.15, 0.2) is 11.5 Å². The van der Waals surface area contributed by atoms with Gasteiger partial charge in [0.1, 0.15) is 11.3 Å². The summed E-state index contributed by atoms with van der Waals surface area (Å²) in [5.41, 5.74) is 2.55. The van der Waals surface area contributed by atoms with Gasteiger partial charge in [-0.15, -0.1) is 0 Å². The monoisotopic (exact) mass is 511 g/mol. The second-order valence-corrected chi connectivity index (χ2v) is 10.4. The molecule has 38 heavy (non-hydrogen) atoms. The van der Waals surface area contributed by atoms with E-state index in [4.69, 9.17) is 9.47 Å². The first-order valence-corrected chi connectivity index (χ1v) is 12.6. The van der Waals surface area contributed by atoms with Crippen molar-refractivity contribution in [1.82, 2.24) is 10.2 Å². The van der Waals surface area contributed by atoms with Crippen LogP contribution in [0.3, 0.4) is 0 Å². The van der Waals surface area contributed by atoms with Crippen LogP contribution in [0.1, 0.15) is 22.3 Å². The normalized spacial score (nSPS) is 26.7. The van der Waals surface area contributed by atoms with Gasteiger partial charge in [-0.2, -0.15) is 0 Å². The minimum atomic E-state index is -1.36. The molecule has 0 aromatic heterocycles. The Labute approximate surface area is 218 Å². The number of hydrogen-bond donors (Lipinski definition) is 3. The highest BCUT2D eigenvalue weighted by molar-refractivity contribution is 6.15. The van der Waals surface area contributed by atoms with Crippen molar-refractivity contribution in [2.75, 3.05) is 12.1 Å². The quantitative estimate of drug-likeness (QED) is 0.461. The Bertz CT molecular complexity index is 1520. The number of benzene rings is 3. The van der Waals surface area contributed by atoms with Crippen LogP contribution in [-0.2, 0) is 32.9 Å². The van der Waals surface area contributed by atoms with Gasteiger partial charge in [-0.05, 0) is 54.8 Å². The van der Waals surface area contributed by atoms with Crippen molar-refractivity contribution in [2.45, 2.75) is 31.5 Å². The lowest BCUT2D eigenvalue weighted by atomic mass is 9.76. The maximum Gasteiger partial charge on any atom is 0.250 e. The van der Waals surface area contributed by atoms with E-state index < -0.39 is 23.4 Å². The molecule has 9 heteroatoms. The summed E-state index contributed by atoms with van der Waals surface area (Å²) in [6.45, 7) is 2.14. The van der Waals surface area contributed by atoms with Gasteiger partial charge in [-0.1, -0.05) is 35.9 Å². The average Bonchev–Trinajstić information content (AvgIpc) is 3.63. The van der Waals surface area contributed by atoms with Crippen LogP contribution >= 0.6 is 0 Å². The first-order valence-electron chi connectivity index (χ1n) is 12.6. The molecule has 0 aliphatic carbocycles. The number of imide groups is 1. The zero-order valence-electron chi connectivity index (χ0n) is 20.6. The maximum absolute atomic E-state index is 14.1. The lowest BCUT2D eigenvalue weighted by Gasteiger charge is -2.29. The van der Waals surface area contributed by atoms with Crippen molar-refractivity contribution < 1.29 is 29.0 Å². The predicted molar refractivity (Wildman–Crippen MR) is 135 cm³/mol. The molecule has 3 amide bonds. The number of carbonyl (C=O) groups excluding carboxylic acids is 3. The molecule has 4 aliphatic rings. The van der Waals surface area contributed by atoms with E-state index in [1.54, 1.807) is 36.4 Å². The molecule has 9 nitrogen and oxygen atoms in total. The average molecular weight is 512 g/mol. The van der Waals surface area contributed by atoms with Crippen molar-refractivity contribution in [3.05, 3.63) is 82.9 Å². The van der Waals surface area contributed by atoms with Gasteiger partial charge in [-0.3, -0.25) is 24.6 Å². The van der Waals surface area contributed by atoms with Gasteiger partial charge >= 0.3 is 0 Å². The van der Waals surface area contributed by atoms with E-state index in [1.807, 2.05) is 31.2 Å². The molecule has 4 atom stereocenters. The molecule has 0 bridgehead atoms. The van der Waals surface area contributed by atoms with Gasteiger partial charge in [0, 0.05) is 17.3 Å². The van der Waals surface area contributed by atoms with Crippen LogP contribution in [0.15, 0.2) is 60.7 Å². The Morgan fingerprint density at radius 3 is 2.53 bits per heavy atom. The molecule has 3 aromatic carbocycles. The fourth-order valence-electron chi connectivity index (χ4n) is 6.41. The van der Waals surface area contributed by atoms with Crippen LogP contribution in [0.4, 0.5) is 5.69 Å². The summed E-state index contributed by atoms with van der Waals surface area (Å²) in [5, 5.41) is 16.1. The zero-order chi connectivity index (χ0) is 26.2. The van der Waals surface area contributed by atoms with Gasteiger partial charge in [0.05, 0.1) is 18.4 Å². The first-order chi connectivity index (χ1) is 18.3. The third kappa shape index (κ3) is 3.18. The van der Waals surface area contributed by atoms with E-state index in [0.29, 0.717) is 29.2 Å². The molecular weight excluding hydrogens is 486 g/mol. The molecule has 0 radical (unpaired) electrons. The second kappa shape index (κ2) is 8.06. The number of nitrogens with one attached hydrogen (secondary N) is 2. The molecule has 192 valence electrons. The third-order valence-electron chi connectivity index (χ3n) is 8.13. The van der Waals surface area contributed by atoms with Crippen LogP contribution in [0.2, 0.25) is 0 Å². The summed E-state index contributed by atoms with van der Waals surface area (Å²) in [4.78, 5) is 43.0. The number of rotatable bonds is 4. The van der Waals surface area contributed by atoms with Crippen LogP contribution < -0.4 is 20.1 Å². The van der Waals surface area contributed by atoms with Crippen LogP contribution in [-0.4, -0.2) is 40.6 Å². The standard InChI is InChI=1S/C29H25N3O6/c1-15-2-8-20-19(10-15)29(28(36)30-20)25-24(21(31-29)11-16-3-6-18(33)7-4-16)26(34)32(27(25)35)13-17-5-9-22-23(12-17)38-14-37-22/h2-10,12,21,24-25,31,33H,11,13-14H2,1H3,(H,30,36)/t21?,24-,25+,29?/m1/s1. The molecule has 7 rings (SSSR count). The minimum absolute atomic E-state index is 0.0750. The number of fused-ring (bicyclic) bond motifs is 5. The number of hydrogen-bond acceptors (Lipinski definition) is 7. The van der Waals surface area contributed by atoms with Gasteiger partial charge in [0.25, 0.3) is 0 Å². The predicted octanol–water partition coefficient (Wildman–Crippen LogP) is 2.59. The fourth-order valence-corrected chi connectivity index (χ4v) is 6.41. The van der Waals surface area contributed by atoms with Gasteiger partial charge in [0.2, 0.25) is 24.5 Å². The number of nitrogens with zero attached hydrogens (tertiary/aromatic N) is 1. The number of ether oxygens (including phenoxy) is 2. The van der Waals surface area contributed by atoms with Crippen molar-refractivity contribution in [3.63, 3.8) is 0 Å². The minimum Gasteiger partial charge on any atom is -0.508 e. The topological polar surface area (TPSA) is 117 Å². The van der Waals surface area contributed by atoms with Crippen LogP contribution in [0.25, 0.3) is 0 Å². The number of aromatic hydroxyl groups is 1. The lowest BCUT2D eigenvalue weighted by Crippen LogP contribution is -2.53. The highest BCUT2D eigenvalue weighted by atomic mass is 16.7. The molecule has 2 unspecified atom stereocenters. The molecular formula is C29H25N3O6. The third-order valence-corrected chi connectivity index (χ3v) is 8.13. The molecule has 4 heterocycles. The Kier molecular flexibility index (Phi) is 4.84. The Balaban J connectivity index is 1.30. The van der Waals surface area contributed by atoms with Gasteiger partial charge < -0.3 is 19.9 Å². The number of aryl methyl sites for hydroxylation is 1. The maximum atomic E-state index is 14.1. The summed E-state index contributed by atoms with van der Waals surface area (Å²) >= 11 is 0. The Morgan fingerprint density at radius 2 is 1.71 bits per heavy atom. The van der Waals surface area contributed by atoms with E-state index in [0.717, 1.165) is 16.7 Å². The second-order valence-electron chi connectivity index (χ2n) is 10.4. The molecule has 3 N–H and O–H groups in total. The van der Waals surface area contributed by atoms with Gasteiger partial charge in [-0.25, -0.2) is 0 Å². The van der Waals surface area contributed by atoms with E-state index in [9.17, 15) is 19.5 Å². The molecule has 2 saturated heterocycles. The van der Waals surface area contributed by atoms with Crippen molar-refractivity contribution in [2.24, 2.45) is 11.8 Å². The molecule has 0 saturated carbocycles. The number of phenols is 1. The summed E-state index contributed by atoms with van der Waals surface area (Å²) in [7, 11) is 0. The number of likely N-dealkylation sites (tertiary alicyclic amines) is 1. The summed E-state index contributed by atoms with van der Waals surface area (Å²) in [6, 6.07) is 17.3. The number of phenolic OH excluding ortho intramolecular Hbond substituents is 1. The summed E-state index contributed by atoms with van der Waals surface area (Å²) in [6.07, 6.45) is 0.411. The van der Waals surface area contributed by atoms with E-state index >= 15 is 0 Å². The number of anilines is 1. The Morgan fingerprint density at radius 1 is 0.947 bits per heavy atom. The number of carbonyl (C=O) groups is 3. The SMILES string of the molecule is Cc1ccc2c(c1)C1(NC(Cc3ccc(O)cc3)[C@H]3C(=O)N(Cc4ccc5c(c4)OCO5)C(=O)[C@H]31)C(=O)N2. The highest BCUT2D eigenvalue weighted by Crippen LogP contribution is 2.53. The van der Waals surface area contributed by atoms with Crippen molar-refractivity contribution in [3.8, 4) is 17.2 Å². The molecule has 2 fully saturated rings. The fraction of sp³-hybridized carbons (Fsp3) is 0.276. The lowest BCUT2D eigenvalue weighted by molar-refractivity contribution is -0.143. The van der Waals surface area contributed by atoms with Crippen molar-refractivity contribution >= 4 is 23.4 Å². The van der Waals surface area contributed by atoms with E-state index in [1.165, 1.54) is 4.90 Å². The summed E-state index contributed by atoms with van der Waals surface area (Å²) < 4.78 is 10.9. The zero-order valence-corrected chi connectivity index (χ0v) is 20.6. The molecule has 4 aliphatic heterocycles. The first kappa shape index (κ1) is 22.8. The Hall–Kier alpha value is -4.37. The molecule has 1 spiro atoms. The molecule has 3 aromatic rings. The number of amides is 3. The van der Waals surface area contributed by atoms with Crippen LogP contribution in [0.5, 0.6) is 17.2 Å². The van der Waals surface area contributed by atoms with E-state index in [2.05, 4.69) is 10.6 Å². The smallest absolute Gasteiger partial charge is 0.250 e. The van der Waals surface area contributed by atoms with Crippen LogP contribution in [0, 0.1) is 18.8 Å². The summed E-state index contributed by atoms with van der Waals surface area (Å²) in [5.74, 6) is -1.29. The van der Waals surface area contributed by atoms with E-state index in [-0.39, 0.29) is 36.8 Å². The van der Waals surface area contributed by atoms with Crippen molar-refractivity contribution in [1.29, 1.82) is 0 Å².